The van der Waals surface area contributed by atoms with Gasteiger partial charge in [-0.2, -0.15) is 0 Å². The van der Waals surface area contributed by atoms with E-state index < -0.39 is 41.6 Å². The summed E-state index contributed by atoms with van der Waals surface area (Å²) in [6.07, 6.45) is -0.0295. The quantitative estimate of drug-likeness (QED) is 0.822. The zero-order valence-corrected chi connectivity index (χ0v) is 13.7. The number of carboxylic acid groups (broad SMARTS) is 1. The molecule has 24 heavy (non-hydrogen) atoms. The van der Waals surface area contributed by atoms with Gasteiger partial charge in [0.15, 0.2) is 0 Å². The molecule has 5 nitrogen and oxygen atoms in total. The van der Waals surface area contributed by atoms with Crippen molar-refractivity contribution < 1.29 is 24.9 Å². The molecule has 0 heterocycles. The normalized spacial score (nSPS) is 12.6. The molecule has 0 fully saturated rings. The first kappa shape index (κ1) is 12.8. The minimum Gasteiger partial charge on any atom is -0.497 e. The maximum atomic E-state index is 13.1. The number of ether oxygens (including phenoxy) is 1. The lowest BCUT2D eigenvalue weighted by molar-refractivity contribution is -0.137. The number of anilines is 1. The molecule has 0 radical (unpaired) electrons. The van der Waals surface area contributed by atoms with Crippen molar-refractivity contribution in [2.24, 2.45) is 0 Å². The van der Waals surface area contributed by atoms with Crippen molar-refractivity contribution in [3.63, 3.8) is 0 Å². The van der Waals surface area contributed by atoms with Crippen LogP contribution in [-0.4, -0.2) is 30.6 Å². The van der Waals surface area contributed by atoms with Gasteiger partial charge in [-0.15, -0.1) is 0 Å². The first-order chi connectivity index (χ1) is 13.2. The average Bonchev–Trinajstić information content (AvgIpc) is 2.68. The molecule has 0 aliphatic heterocycles. The molecular formula is C18H18ClNO4. The number of aliphatic carboxylic acids is 1. The number of carbonyl (C=O) groups is 2. The van der Waals surface area contributed by atoms with Gasteiger partial charge in [0.25, 0.3) is 5.91 Å². The van der Waals surface area contributed by atoms with E-state index in [-0.39, 0.29) is 24.4 Å². The number of carbonyl (C=O) groups excluding carboxylic acids is 1. The summed E-state index contributed by atoms with van der Waals surface area (Å²) in [7, 11) is 1.49. The number of benzene rings is 2. The van der Waals surface area contributed by atoms with E-state index in [1.165, 1.54) is 12.0 Å². The Hall–Kier alpha value is -2.53. The molecule has 0 spiro atoms. The topological polar surface area (TPSA) is 66.8 Å². The van der Waals surface area contributed by atoms with Crippen LogP contribution in [0.15, 0.2) is 48.4 Å². The molecular weight excluding hydrogens is 330 g/mol. The van der Waals surface area contributed by atoms with Crippen molar-refractivity contribution in [2.75, 3.05) is 18.6 Å². The third-order valence-corrected chi connectivity index (χ3v) is 3.40. The van der Waals surface area contributed by atoms with E-state index in [0.717, 1.165) is 0 Å². The van der Waals surface area contributed by atoms with E-state index in [9.17, 15) is 9.59 Å². The summed E-state index contributed by atoms with van der Waals surface area (Å²) < 4.78 is 36.8. The van der Waals surface area contributed by atoms with Crippen molar-refractivity contribution in [3.8, 4) is 5.75 Å². The Labute approximate surface area is 151 Å². The minimum absolute atomic E-state index is 0.0135. The minimum atomic E-state index is -1.02. The van der Waals surface area contributed by atoms with Crippen LogP contribution in [0.4, 0.5) is 5.69 Å². The van der Waals surface area contributed by atoms with E-state index in [0.29, 0.717) is 11.4 Å². The third kappa shape index (κ3) is 4.73. The summed E-state index contributed by atoms with van der Waals surface area (Å²) in [6, 6.07) is 4.29. The fourth-order valence-electron chi connectivity index (χ4n) is 2.04. The molecule has 0 saturated carbocycles. The summed E-state index contributed by atoms with van der Waals surface area (Å²) in [5.41, 5.74) is -0.0199. The van der Waals surface area contributed by atoms with Gasteiger partial charge < -0.3 is 14.7 Å². The van der Waals surface area contributed by atoms with Crippen molar-refractivity contribution in [2.45, 2.75) is 12.8 Å². The maximum Gasteiger partial charge on any atom is 0.303 e. The van der Waals surface area contributed by atoms with Gasteiger partial charge in [-0.25, -0.2) is 0 Å². The van der Waals surface area contributed by atoms with E-state index in [1.807, 2.05) is 0 Å². The number of hydrogen-bond acceptors (Lipinski definition) is 3. The zero-order chi connectivity index (χ0) is 21.0. The molecule has 0 saturated heterocycles. The predicted octanol–water partition coefficient (Wildman–Crippen LogP) is 3.86. The van der Waals surface area contributed by atoms with Gasteiger partial charge in [-0.05, 0) is 54.9 Å². The van der Waals surface area contributed by atoms with Gasteiger partial charge >= 0.3 is 5.97 Å². The highest BCUT2D eigenvalue weighted by molar-refractivity contribution is 6.30. The molecule has 0 atom stereocenters. The summed E-state index contributed by atoms with van der Waals surface area (Å²) in [6.45, 7) is 0.0135. The number of methoxy groups -OCH3 is 1. The van der Waals surface area contributed by atoms with Crippen LogP contribution in [0.5, 0.6) is 5.75 Å². The van der Waals surface area contributed by atoms with Crippen molar-refractivity contribution in [1.82, 2.24) is 0 Å². The summed E-state index contributed by atoms with van der Waals surface area (Å²) in [4.78, 5) is 25.2. The fraction of sp³-hybridized carbons (Fsp3) is 0.222. The second-order valence-electron chi connectivity index (χ2n) is 4.84. The van der Waals surface area contributed by atoms with Crippen LogP contribution < -0.4 is 9.64 Å². The molecule has 2 aromatic carbocycles. The van der Waals surface area contributed by atoms with Crippen LogP contribution in [0.2, 0.25) is 5.02 Å². The van der Waals surface area contributed by atoms with Gasteiger partial charge in [0.2, 0.25) is 0 Å². The van der Waals surface area contributed by atoms with Crippen LogP contribution in [-0.2, 0) is 4.79 Å². The molecule has 0 unspecified atom stereocenters. The second kappa shape index (κ2) is 8.36. The monoisotopic (exact) mass is 351 g/mol. The SMILES string of the molecule is [2H]c1c([2H])c(C(=O)N(CCCC(=O)O)c2ccc(OC)cc2)c([2H])c([2H])c1Cl. The Bertz CT molecular complexity index is 876. The summed E-state index contributed by atoms with van der Waals surface area (Å²) in [5, 5.41) is 8.50. The number of halogens is 1. The number of nitrogens with zero attached hydrogens (tertiary/aromatic N) is 1. The first-order valence-corrected chi connectivity index (χ1v) is 7.50. The van der Waals surface area contributed by atoms with Gasteiger partial charge in [-0.3, -0.25) is 9.59 Å². The molecule has 0 aliphatic carbocycles. The highest BCUT2D eigenvalue weighted by Crippen LogP contribution is 2.22. The number of carboxylic acids is 1. The van der Waals surface area contributed by atoms with Crippen molar-refractivity contribution in [1.29, 1.82) is 0 Å². The summed E-state index contributed by atoms with van der Waals surface area (Å²) >= 11 is 5.79. The lowest BCUT2D eigenvalue weighted by Crippen LogP contribution is -2.32. The smallest absolute Gasteiger partial charge is 0.303 e. The highest BCUT2D eigenvalue weighted by Gasteiger charge is 2.18. The lowest BCUT2D eigenvalue weighted by Gasteiger charge is -2.23. The predicted molar refractivity (Wildman–Crippen MR) is 93.0 cm³/mol. The van der Waals surface area contributed by atoms with Gasteiger partial charge in [-0.1, -0.05) is 11.6 Å². The molecule has 0 aliphatic rings. The first-order valence-electron chi connectivity index (χ1n) is 9.12. The molecule has 6 heteroatoms. The molecule has 2 aromatic rings. The Kier molecular flexibility index (Phi) is 4.47. The van der Waals surface area contributed by atoms with Crippen LogP contribution in [0.25, 0.3) is 0 Å². The Morgan fingerprint density at radius 3 is 2.38 bits per heavy atom. The Morgan fingerprint density at radius 1 is 1.21 bits per heavy atom. The molecule has 2 rings (SSSR count). The largest absolute Gasteiger partial charge is 0.497 e. The van der Waals surface area contributed by atoms with E-state index in [1.54, 1.807) is 24.3 Å². The molecule has 0 aromatic heterocycles. The van der Waals surface area contributed by atoms with Gasteiger partial charge in [0, 0.05) is 29.2 Å². The molecule has 126 valence electrons. The number of hydrogen-bond donors (Lipinski definition) is 1. The van der Waals surface area contributed by atoms with Crippen LogP contribution >= 0.6 is 11.6 Å². The number of amides is 1. The average molecular weight is 352 g/mol. The Balaban J connectivity index is 2.50. The van der Waals surface area contributed by atoms with Crippen LogP contribution in [0, 0.1) is 0 Å². The molecule has 1 N–H and O–H groups in total. The third-order valence-electron chi connectivity index (χ3n) is 3.21. The zero-order valence-electron chi connectivity index (χ0n) is 16.9. The fourth-order valence-corrected chi connectivity index (χ4v) is 2.13. The van der Waals surface area contributed by atoms with Gasteiger partial charge in [0.05, 0.1) is 12.6 Å². The lowest BCUT2D eigenvalue weighted by atomic mass is 10.1. The van der Waals surface area contributed by atoms with Crippen molar-refractivity contribution >= 4 is 29.2 Å². The van der Waals surface area contributed by atoms with Crippen LogP contribution in [0.1, 0.15) is 28.7 Å². The van der Waals surface area contributed by atoms with E-state index in [2.05, 4.69) is 0 Å². The maximum absolute atomic E-state index is 13.1. The van der Waals surface area contributed by atoms with Crippen molar-refractivity contribution in [3.05, 3.63) is 59.0 Å². The summed E-state index contributed by atoms with van der Waals surface area (Å²) in [5.74, 6) is -1.24. The number of rotatable bonds is 7. The van der Waals surface area contributed by atoms with Crippen LogP contribution in [0.3, 0.4) is 0 Å². The van der Waals surface area contributed by atoms with E-state index >= 15 is 0 Å². The highest BCUT2D eigenvalue weighted by atomic mass is 35.5. The molecule has 0 bridgehead atoms. The second-order valence-corrected chi connectivity index (χ2v) is 5.22. The molecule has 1 amide bonds. The standard InChI is InChI=1S/C18H18ClNO4/c1-24-16-10-8-15(9-11-16)20(12-2-3-17(21)22)18(23)13-4-6-14(19)7-5-13/h4-11H,2-3,12H2,1H3,(H,21,22)/i4D,5D,6D,7D. The van der Waals surface area contributed by atoms with E-state index in [4.69, 9.17) is 26.9 Å². The van der Waals surface area contributed by atoms with Gasteiger partial charge in [0.1, 0.15) is 5.75 Å². The Morgan fingerprint density at radius 2 is 1.83 bits per heavy atom.